The van der Waals surface area contributed by atoms with Crippen molar-refractivity contribution in [2.75, 3.05) is 13.1 Å². The van der Waals surface area contributed by atoms with Crippen LogP contribution in [0.25, 0.3) is 0 Å². The van der Waals surface area contributed by atoms with Crippen LogP contribution in [0.4, 0.5) is 0 Å². The molecule has 0 saturated carbocycles. The fourth-order valence-corrected chi connectivity index (χ4v) is 2.33. The van der Waals surface area contributed by atoms with E-state index in [1.807, 2.05) is 13.8 Å². The molecule has 2 atom stereocenters. The Labute approximate surface area is 109 Å². The van der Waals surface area contributed by atoms with Crippen LogP contribution in [0.5, 0.6) is 0 Å². The number of carboxylic acids is 1. The average molecular weight is 256 g/mol. The van der Waals surface area contributed by atoms with E-state index in [9.17, 15) is 14.7 Å². The maximum absolute atomic E-state index is 12.0. The first kappa shape index (κ1) is 15.0. The predicted molar refractivity (Wildman–Crippen MR) is 69.3 cm³/mol. The molecule has 104 valence electrons. The summed E-state index contributed by atoms with van der Waals surface area (Å²) in [5.41, 5.74) is 0. The number of carboxylic acid groups (broad SMARTS) is 1. The van der Waals surface area contributed by atoms with E-state index in [4.69, 9.17) is 0 Å². The van der Waals surface area contributed by atoms with Crippen molar-refractivity contribution in [3.8, 4) is 0 Å². The van der Waals surface area contributed by atoms with Gasteiger partial charge in [-0.3, -0.25) is 4.79 Å². The number of nitrogens with zero attached hydrogens (tertiary/aromatic N) is 1. The van der Waals surface area contributed by atoms with E-state index in [-0.39, 0.29) is 18.5 Å². The molecule has 0 bridgehead atoms. The molecule has 5 nitrogen and oxygen atoms in total. The fourth-order valence-electron chi connectivity index (χ4n) is 2.33. The van der Waals surface area contributed by atoms with Gasteiger partial charge in [0, 0.05) is 12.6 Å². The maximum Gasteiger partial charge on any atom is 0.326 e. The summed E-state index contributed by atoms with van der Waals surface area (Å²) < 4.78 is 0. The van der Waals surface area contributed by atoms with E-state index in [0.29, 0.717) is 18.9 Å². The molecule has 0 spiro atoms. The Bertz CT molecular complexity index is 305. The van der Waals surface area contributed by atoms with Gasteiger partial charge in [0.25, 0.3) is 0 Å². The quantitative estimate of drug-likeness (QED) is 0.772. The van der Waals surface area contributed by atoms with E-state index in [1.165, 1.54) is 4.90 Å². The van der Waals surface area contributed by atoms with E-state index in [2.05, 4.69) is 12.2 Å². The Hall–Kier alpha value is -1.10. The van der Waals surface area contributed by atoms with Gasteiger partial charge in [0.2, 0.25) is 5.91 Å². The molecule has 18 heavy (non-hydrogen) atoms. The number of likely N-dealkylation sites (tertiary alicyclic amines) is 1. The SMILES string of the molecule is CCC1CCN(C(=O)CNC(C)C)C(C(=O)O)C1. The highest BCUT2D eigenvalue weighted by atomic mass is 16.4. The summed E-state index contributed by atoms with van der Waals surface area (Å²) >= 11 is 0. The minimum absolute atomic E-state index is 0.106. The number of carbonyl (C=O) groups excluding carboxylic acids is 1. The third kappa shape index (κ3) is 3.98. The molecule has 1 fully saturated rings. The minimum Gasteiger partial charge on any atom is -0.480 e. The van der Waals surface area contributed by atoms with Crippen molar-refractivity contribution in [2.45, 2.75) is 52.1 Å². The van der Waals surface area contributed by atoms with Crippen LogP contribution in [0.2, 0.25) is 0 Å². The molecule has 5 heteroatoms. The van der Waals surface area contributed by atoms with Gasteiger partial charge in [-0.15, -0.1) is 0 Å². The van der Waals surface area contributed by atoms with E-state index >= 15 is 0 Å². The molecule has 1 aliphatic rings. The lowest BCUT2D eigenvalue weighted by Gasteiger charge is -2.37. The molecule has 1 amide bonds. The first-order valence-electron chi connectivity index (χ1n) is 6.71. The largest absolute Gasteiger partial charge is 0.480 e. The van der Waals surface area contributed by atoms with Gasteiger partial charge in [0.15, 0.2) is 0 Å². The number of hydrogen-bond donors (Lipinski definition) is 2. The molecule has 1 aliphatic heterocycles. The number of carbonyl (C=O) groups is 2. The molecule has 1 heterocycles. The van der Waals surface area contributed by atoms with Crippen molar-refractivity contribution >= 4 is 11.9 Å². The van der Waals surface area contributed by atoms with Crippen molar-refractivity contribution in [1.29, 1.82) is 0 Å². The molecule has 2 unspecified atom stereocenters. The molecule has 0 aliphatic carbocycles. The van der Waals surface area contributed by atoms with Crippen LogP contribution in [0, 0.1) is 5.92 Å². The van der Waals surface area contributed by atoms with Crippen LogP contribution in [-0.4, -0.2) is 47.1 Å². The first-order chi connectivity index (χ1) is 8.45. The summed E-state index contributed by atoms with van der Waals surface area (Å²) in [7, 11) is 0. The van der Waals surface area contributed by atoms with Crippen molar-refractivity contribution in [2.24, 2.45) is 5.92 Å². The second-order valence-electron chi connectivity index (χ2n) is 5.28. The summed E-state index contributed by atoms with van der Waals surface area (Å²) in [6, 6.07) is -0.421. The van der Waals surface area contributed by atoms with Crippen LogP contribution in [-0.2, 0) is 9.59 Å². The van der Waals surface area contributed by atoms with E-state index in [0.717, 1.165) is 12.8 Å². The number of aliphatic carboxylic acids is 1. The van der Waals surface area contributed by atoms with Crippen molar-refractivity contribution in [1.82, 2.24) is 10.2 Å². The van der Waals surface area contributed by atoms with Crippen LogP contribution in [0.3, 0.4) is 0 Å². The van der Waals surface area contributed by atoms with Gasteiger partial charge in [-0.25, -0.2) is 4.79 Å². The summed E-state index contributed by atoms with van der Waals surface area (Å²) in [4.78, 5) is 24.8. The van der Waals surface area contributed by atoms with Crippen molar-refractivity contribution in [3.63, 3.8) is 0 Å². The van der Waals surface area contributed by atoms with Gasteiger partial charge in [0.05, 0.1) is 6.54 Å². The predicted octanol–water partition coefficient (Wildman–Crippen LogP) is 1.09. The van der Waals surface area contributed by atoms with Crippen LogP contribution >= 0.6 is 0 Å². The van der Waals surface area contributed by atoms with Gasteiger partial charge in [-0.05, 0) is 18.8 Å². The maximum atomic E-state index is 12.0. The Kier molecular flexibility index (Phi) is 5.59. The van der Waals surface area contributed by atoms with E-state index < -0.39 is 12.0 Å². The Morgan fingerprint density at radius 1 is 1.44 bits per heavy atom. The van der Waals surface area contributed by atoms with Crippen LogP contribution in [0.15, 0.2) is 0 Å². The molecular formula is C13H24N2O3. The second kappa shape index (κ2) is 6.73. The number of hydrogen-bond acceptors (Lipinski definition) is 3. The summed E-state index contributed by atoms with van der Waals surface area (Å²) in [6.45, 7) is 6.78. The number of amides is 1. The lowest BCUT2D eigenvalue weighted by Crippen LogP contribution is -2.52. The topological polar surface area (TPSA) is 69.6 Å². The standard InChI is InChI=1S/C13H24N2O3/c1-4-10-5-6-15(11(7-10)13(17)18)12(16)8-14-9(2)3/h9-11,14H,4-8H2,1-3H3,(H,17,18). The van der Waals surface area contributed by atoms with Crippen LogP contribution < -0.4 is 5.32 Å². The Morgan fingerprint density at radius 3 is 2.61 bits per heavy atom. The third-order valence-corrected chi connectivity index (χ3v) is 3.56. The highest BCUT2D eigenvalue weighted by molar-refractivity contribution is 5.85. The number of nitrogens with one attached hydrogen (secondary N) is 1. The normalized spacial score (nSPS) is 24.3. The van der Waals surface area contributed by atoms with Crippen molar-refractivity contribution in [3.05, 3.63) is 0 Å². The Morgan fingerprint density at radius 2 is 2.11 bits per heavy atom. The van der Waals surface area contributed by atoms with Gasteiger partial charge in [-0.2, -0.15) is 0 Å². The molecule has 0 radical (unpaired) electrons. The fraction of sp³-hybridized carbons (Fsp3) is 0.846. The summed E-state index contributed by atoms with van der Waals surface area (Å²) in [6.07, 6.45) is 2.48. The smallest absolute Gasteiger partial charge is 0.326 e. The Balaban J connectivity index is 2.62. The first-order valence-corrected chi connectivity index (χ1v) is 6.71. The molecule has 0 aromatic heterocycles. The van der Waals surface area contributed by atoms with Gasteiger partial charge in [0.1, 0.15) is 6.04 Å². The number of rotatable bonds is 5. The zero-order valence-corrected chi connectivity index (χ0v) is 11.5. The lowest BCUT2D eigenvalue weighted by atomic mass is 9.89. The highest BCUT2D eigenvalue weighted by Gasteiger charge is 2.35. The van der Waals surface area contributed by atoms with Gasteiger partial charge in [-0.1, -0.05) is 27.2 Å². The minimum atomic E-state index is -0.883. The van der Waals surface area contributed by atoms with Gasteiger partial charge < -0.3 is 15.3 Å². The molecule has 1 saturated heterocycles. The molecule has 0 aromatic carbocycles. The monoisotopic (exact) mass is 256 g/mol. The summed E-state index contributed by atoms with van der Waals surface area (Å²) in [5.74, 6) is -0.565. The van der Waals surface area contributed by atoms with Crippen LogP contribution in [0.1, 0.15) is 40.0 Å². The highest BCUT2D eigenvalue weighted by Crippen LogP contribution is 2.25. The van der Waals surface area contributed by atoms with Gasteiger partial charge >= 0.3 is 5.97 Å². The zero-order valence-electron chi connectivity index (χ0n) is 11.5. The average Bonchev–Trinajstić information content (AvgIpc) is 2.34. The van der Waals surface area contributed by atoms with Crippen molar-refractivity contribution < 1.29 is 14.7 Å². The zero-order chi connectivity index (χ0) is 13.7. The number of piperidine rings is 1. The van der Waals surface area contributed by atoms with E-state index in [1.54, 1.807) is 0 Å². The lowest BCUT2D eigenvalue weighted by molar-refractivity contribution is -0.152. The molecule has 2 N–H and O–H groups in total. The third-order valence-electron chi connectivity index (χ3n) is 3.56. The molecule has 1 rings (SSSR count). The molecular weight excluding hydrogens is 232 g/mol. The summed E-state index contributed by atoms with van der Waals surface area (Å²) in [5, 5.41) is 12.3. The molecule has 0 aromatic rings. The second-order valence-corrected chi connectivity index (χ2v) is 5.28.